The number of ether oxygens (including phenoxy) is 1. The summed E-state index contributed by atoms with van der Waals surface area (Å²) in [5.41, 5.74) is 6.15. The van der Waals surface area contributed by atoms with E-state index in [1.54, 1.807) is 0 Å². The van der Waals surface area contributed by atoms with Gasteiger partial charge in [0.1, 0.15) is 0 Å². The molecule has 0 aromatic heterocycles. The van der Waals surface area contributed by atoms with Gasteiger partial charge in [-0.2, -0.15) is 0 Å². The molecule has 100 valence electrons. The van der Waals surface area contributed by atoms with Gasteiger partial charge in [0.15, 0.2) is 0 Å². The largest absolute Gasteiger partial charge is 0.377 e. The molecule has 1 heterocycles. The van der Waals surface area contributed by atoms with E-state index in [0.29, 0.717) is 12.1 Å². The first-order valence-electron chi connectivity index (χ1n) is 7.39. The maximum absolute atomic E-state index is 6.15. The molecule has 1 saturated carbocycles. The Morgan fingerprint density at radius 3 is 2.82 bits per heavy atom. The molecule has 0 aromatic rings. The van der Waals surface area contributed by atoms with Crippen molar-refractivity contribution < 1.29 is 4.74 Å². The topological polar surface area (TPSA) is 38.5 Å². The highest BCUT2D eigenvalue weighted by Gasteiger charge is 2.28. The van der Waals surface area contributed by atoms with Crippen molar-refractivity contribution in [2.75, 3.05) is 26.2 Å². The molecule has 3 nitrogen and oxygen atoms in total. The van der Waals surface area contributed by atoms with Crippen LogP contribution < -0.4 is 5.73 Å². The molecule has 3 unspecified atom stereocenters. The van der Waals surface area contributed by atoms with Crippen molar-refractivity contribution in [3.05, 3.63) is 0 Å². The lowest BCUT2D eigenvalue weighted by molar-refractivity contribution is -0.00414. The minimum absolute atomic E-state index is 0.451. The SMILES string of the molecule is CCCOC1CCCN(CC2CCCC2N)C1. The highest BCUT2D eigenvalue weighted by molar-refractivity contribution is 4.84. The van der Waals surface area contributed by atoms with E-state index in [1.807, 2.05) is 0 Å². The molecule has 0 spiro atoms. The lowest BCUT2D eigenvalue weighted by Crippen LogP contribution is -2.44. The van der Waals surface area contributed by atoms with E-state index in [9.17, 15) is 0 Å². The van der Waals surface area contributed by atoms with E-state index < -0.39 is 0 Å². The van der Waals surface area contributed by atoms with Crippen molar-refractivity contribution in [2.24, 2.45) is 11.7 Å². The highest BCUT2D eigenvalue weighted by Crippen LogP contribution is 2.26. The fourth-order valence-electron chi connectivity index (χ4n) is 3.22. The summed E-state index contributed by atoms with van der Waals surface area (Å²) in [6, 6.07) is 0.451. The van der Waals surface area contributed by atoms with Gasteiger partial charge >= 0.3 is 0 Å². The second kappa shape index (κ2) is 6.72. The summed E-state index contributed by atoms with van der Waals surface area (Å²) in [7, 11) is 0. The summed E-state index contributed by atoms with van der Waals surface area (Å²) >= 11 is 0. The molecule has 17 heavy (non-hydrogen) atoms. The molecular weight excluding hydrogens is 212 g/mol. The number of nitrogens with zero attached hydrogens (tertiary/aromatic N) is 1. The number of hydrogen-bond donors (Lipinski definition) is 1. The van der Waals surface area contributed by atoms with Gasteiger partial charge in [0, 0.05) is 25.7 Å². The Morgan fingerprint density at radius 2 is 2.12 bits per heavy atom. The normalized spacial score (nSPS) is 35.3. The highest BCUT2D eigenvalue weighted by atomic mass is 16.5. The van der Waals surface area contributed by atoms with E-state index in [2.05, 4.69) is 11.8 Å². The third kappa shape index (κ3) is 3.94. The number of likely N-dealkylation sites (tertiary alicyclic amines) is 1. The Balaban J connectivity index is 1.73. The van der Waals surface area contributed by atoms with Crippen molar-refractivity contribution in [1.29, 1.82) is 0 Å². The van der Waals surface area contributed by atoms with Gasteiger partial charge in [0.2, 0.25) is 0 Å². The molecule has 0 radical (unpaired) electrons. The quantitative estimate of drug-likeness (QED) is 0.799. The van der Waals surface area contributed by atoms with Gasteiger partial charge in [-0.1, -0.05) is 13.3 Å². The third-order valence-corrected chi connectivity index (χ3v) is 4.23. The average molecular weight is 240 g/mol. The molecule has 3 atom stereocenters. The summed E-state index contributed by atoms with van der Waals surface area (Å²) in [6.07, 6.45) is 8.02. The molecule has 2 rings (SSSR count). The Kier molecular flexibility index (Phi) is 5.26. The Labute approximate surface area is 106 Å². The van der Waals surface area contributed by atoms with E-state index in [-0.39, 0.29) is 0 Å². The first-order chi connectivity index (χ1) is 8.29. The molecule has 1 saturated heterocycles. The van der Waals surface area contributed by atoms with Crippen LogP contribution in [-0.2, 0) is 4.74 Å². The second-order valence-corrected chi connectivity index (χ2v) is 5.75. The van der Waals surface area contributed by atoms with Crippen LogP contribution >= 0.6 is 0 Å². The van der Waals surface area contributed by atoms with Crippen LogP contribution in [0.25, 0.3) is 0 Å². The lowest BCUT2D eigenvalue weighted by atomic mass is 10.0. The monoisotopic (exact) mass is 240 g/mol. The predicted molar refractivity (Wildman–Crippen MR) is 71.0 cm³/mol. The number of piperidine rings is 1. The van der Waals surface area contributed by atoms with Crippen LogP contribution in [0, 0.1) is 5.92 Å². The zero-order valence-electron chi connectivity index (χ0n) is 11.2. The standard InChI is InChI=1S/C14H28N2O/c1-2-9-17-13-6-4-8-16(11-13)10-12-5-3-7-14(12)15/h12-14H,2-11,15H2,1H3. The van der Waals surface area contributed by atoms with Crippen LogP contribution in [-0.4, -0.2) is 43.3 Å². The van der Waals surface area contributed by atoms with Crippen molar-refractivity contribution in [3.8, 4) is 0 Å². The van der Waals surface area contributed by atoms with Gasteiger partial charge in [-0.05, 0) is 44.6 Å². The first kappa shape index (κ1) is 13.3. The maximum Gasteiger partial charge on any atom is 0.0702 e. The summed E-state index contributed by atoms with van der Waals surface area (Å²) in [6.45, 7) is 6.67. The molecule has 0 aromatic carbocycles. The predicted octanol–water partition coefficient (Wildman–Crippen LogP) is 2.00. The molecule has 1 aliphatic heterocycles. The van der Waals surface area contributed by atoms with Crippen molar-refractivity contribution in [1.82, 2.24) is 4.90 Å². The van der Waals surface area contributed by atoms with E-state index >= 15 is 0 Å². The van der Waals surface area contributed by atoms with E-state index in [0.717, 1.165) is 25.5 Å². The number of hydrogen-bond acceptors (Lipinski definition) is 3. The smallest absolute Gasteiger partial charge is 0.0702 e. The van der Waals surface area contributed by atoms with Gasteiger partial charge < -0.3 is 15.4 Å². The van der Waals surface area contributed by atoms with Gasteiger partial charge in [0.05, 0.1) is 6.10 Å². The van der Waals surface area contributed by atoms with Gasteiger partial charge in [-0.3, -0.25) is 0 Å². The third-order valence-electron chi connectivity index (χ3n) is 4.23. The molecule has 2 aliphatic rings. The molecule has 3 heteroatoms. The van der Waals surface area contributed by atoms with Crippen LogP contribution in [0.5, 0.6) is 0 Å². The molecule has 0 bridgehead atoms. The molecule has 1 aliphatic carbocycles. The minimum atomic E-state index is 0.451. The van der Waals surface area contributed by atoms with E-state index in [4.69, 9.17) is 10.5 Å². The zero-order chi connectivity index (χ0) is 12.1. The number of nitrogens with two attached hydrogens (primary N) is 1. The van der Waals surface area contributed by atoms with Gasteiger partial charge in [-0.25, -0.2) is 0 Å². The Hall–Kier alpha value is -0.120. The van der Waals surface area contributed by atoms with Crippen LogP contribution in [0.15, 0.2) is 0 Å². The van der Waals surface area contributed by atoms with E-state index in [1.165, 1.54) is 45.2 Å². The fourth-order valence-corrected chi connectivity index (χ4v) is 3.22. The maximum atomic E-state index is 6.15. The zero-order valence-corrected chi connectivity index (χ0v) is 11.2. The van der Waals surface area contributed by atoms with Crippen molar-refractivity contribution in [3.63, 3.8) is 0 Å². The molecular formula is C14H28N2O. The van der Waals surface area contributed by atoms with Crippen molar-refractivity contribution in [2.45, 2.75) is 57.6 Å². The summed E-state index contributed by atoms with van der Waals surface area (Å²) < 4.78 is 5.88. The molecule has 2 N–H and O–H groups in total. The molecule has 2 fully saturated rings. The average Bonchev–Trinajstić information content (AvgIpc) is 2.73. The van der Waals surface area contributed by atoms with Crippen LogP contribution in [0.2, 0.25) is 0 Å². The van der Waals surface area contributed by atoms with Crippen LogP contribution in [0.3, 0.4) is 0 Å². The summed E-state index contributed by atoms with van der Waals surface area (Å²) in [5.74, 6) is 0.736. The Morgan fingerprint density at radius 1 is 1.24 bits per heavy atom. The van der Waals surface area contributed by atoms with Crippen LogP contribution in [0.4, 0.5) is 0 Å². The first-order valence-corrected chi connectivity index (χ1v) is 7.39. The summed E-state index contributed by atoms with van der Waals surface area (Å²) in [4.78, 5) is 2.58. The lowest BCUT2D eigenvalue weighted by Gasteiger charge is -2.35. The Bertz CT molecular complexity index is 222. The fraction of sp³-hybridized carbons (Fsp3) is 1.00. The van der Waals surface area contributed by atoms with Crippen LogP contribution in [0.1, 0.15) is 45.4 Å². The second-order valence-electron chi connectivity index (χ2n) is 5.75. The number of rotatable bonds is 5. The van der Waals surface area contributed by atoms with Gasteiger partial charge in [0.25, 0.3) is 0 Å². The summed E-state index contributed by atoms with van der Waals surface area (Å²) in [5, 5.41) is 0. The van der Waals surface area contributed by atoms with Crippen molar-refractivity contribution >= 4 is 0 Å². The van der Waals surface area contributed by atoms with Gasteiger partial charge in [-0.15, -0.1) is 0 Å². The molecule has 0 amide bonds. The minimum Gasteiger partial charge on any atom is -0.377 e.